The van der Waals surface area contributed by atoms with Crippen LogP contribution in [0.25, 0.3) is 10.8 Å². The van der Waals surface area contributed by atoms with Crippen molar-refractivity contribution in [3.05, 3.63) is 70.6 Å². The molecule has 0 fully saturated rings. The number of benzene rings is 2. The number of ether oxygens (including phenoxy) is 1. The van der Waals surface area contributed by atoms with Crippen LogP contribution in [0.4, 0.5) is 0 Å². The van der Waals surface area contributed by atoms with Crippen molar-refractivity contribution in [1.29, 1.82) is 0 Å². The van der Waals surface area contributed by atoms with Crippen LogP contribution in [0.1, 0.15) is 30.3 Å². The van der Waals surface area contributed by atoms with Crippen LogP contribution in [0.5, 0.6) is 0 Å². The summed E-state index contributed by atoms with van der Waals surface area (Å²) in [4.78, 5) is 22.8. The van der Waals surface area contributed by atoms with Gasteiger partial charge in [-0.3, -0.25) is 9.59 Å². The molecule has 0 saturated carbocycles. The van der Waals surface area contributed by atoms with Gasteiger partial charge in [0, 0.05) is 20.8 Å². The third kappa shape index (κ3) is 4.09. The first kappa shape index (κ1) is 17.2. The summed E-state index contributed by atoms with van der Waals surface area (Å²) in [5.41, 5.74) is 0.743. The Morgan fingerprint density at radius 1 is 1.08 bits per heavy atom. The number of carbonyl (C=O) groups excluding carboxylic acids is 1. The molecule has 1 atom stereocenters. The molecule has 3 rings (SSSR count). The molecule has 0 saturated heterocycles. The van der Waals surface area contributed by atoms with Gasteiger partial charge in [-0.1, -0.05) is 52.3 Å². The van der Waals surface area contributed by atoms with Gasteiger partial charge in [-0.2, -0.15) is 0 Å². The number of carbonyl (C=O) groups is 2. The minimum Gasteiger partial charge on any atom is -0.481 e. The molecule has 1 aromatic heterocycles. The fourth-order valence-corrected chi connectivity index (χ4v) is 2.79. The van der Waals surface area contributed by atoms with Crippen LogP contribution in [0.2, 0.25) is 0 Å². The lowest BCUT2D eigenvalue weighted by Gasteiger charge is -2.17. The van der Waals surface area contributed by atoms with Gasteiger partial charge in [-0.25, -0.2) is 0 Å². The zero-order valence-corrected chi connectivity index (χ0v) is 14.7. The summed E-state index contributed by atoms with van der Waals surface area (Å²) < 4.78 is 12.2. The highest BCUT2D eigenvalue weighted by atomic mass is 79.9. The second-order valence-corrected chi connectivity index (χ2v) is 6.42. The van der Waals surface area contributed by atoms with E-state index in [1.165, 1.54) is 0 Å². The lowest BCUT2D eigenvalue weighted by molar-refractivity contribution is -0.151. The summed E-state index contributed by atoms with van der Waals surface area (Å²) in [6.07, 6.45) is 0.405. The first-order chi connectivity index (χ1) is 12.0. The number of hydrogen-bond donors (Lipinski definition) is 1. The van der Waals surface area contributed by atoms with Gasteiger partial charge in [-0.15, -0.1) is 0 Å². The fraction of sp³-hybridized carbons (Fsp3) is 0.158. The predicted molar refractivity (Wildman–Crippen MR) is 95.2 cm³/mol. The maximum atomic E-state index is 12.1. The normalized spacial score (nSPS) is 12.0. The van der Waals surface area contributed by atoms with E-state index in [0.29, 0.717) is 5.76 Å². The van der Waals surface area contributed by atoms with Gasteiger partial charge in [0.15, 0.2) is 11.9 Å². The van der Waals surface area contributed by atoms with Crippen molar-refractivity contribution in [1.82, 2.24) is 0 Å². The molecule has 1 heterocycles. The average molecular weight is 403 g/mol. The topological polar surface area (TPSA) is 76.7 Å². The number of rotatable bonds is 6. The molecule has 1 N–H and O–H groups in total. The molecule has 0 aliphatic carbocycles. The summed E-state index contributed by atoms with van der Waals surface area (Å²) in [5.74, 6) is -1.11. The Labute approximate surface area is 152 Å². The average Bonchev–Trinajstić information content (AvgIpc) is 3.03. The maximum Gasteiger partial charge on any atom is 0.307 e. The third-order valence-corrected chi connectivity index (χ3v) is 4.27. The molecular formula is C19H15BrO5. The Hall–Kier alpha value is -2.60. The van der Waals surface area contributed by atoms with Crippen molar-refractivity contribution < 1.29 is 23.8 Å². The first-order valence-corrected chi connectivity index (χ1v) is 8.47. The number of fused-ring (bicyclic) bond motifs is 1. The van der Waals surface area contributed by atoms with Crippen molar-refractivity contribution in [2.75, 3.05) is 0 Å². The number of esters is 1. The zero-order valence-electron chi connectivity index (χ0n) is 13.1. The second kappa shape index (κ2) is 7.53. The largest absolute Gasteiger partial charge is 0.481 e. The monoisotopic (exact) mass is 402 g/mol. The molecule has 0 amide bonds. The van der Waals surface area contributed by atoms with E-state index < -0.39 is 18.0 Å². The number of carboxylic acids is 1. The maximum absolute atomic E-state index is 12.1. The number of furan rings is 1. The Kier molecular flexibility index (Phi) is 5.19. The predicted octanol–water partition coefficient (Wildman–Crippen LogP) is 4.69. The molecule has 25 heavy (non-hydrogen) atoms. The van der Waals surface area contributed by atoms with Gasteiger partial charge in [0.25, 0.3) is 0 Å². The van der Waals surface area contributed by atoms with E-state index in [2.05, 4.69) is 15.9 Å². The standard InChI is InChI=1S/C19H15BrO5/c20-14-7-5-12(6-8-14)18(25-17(23)10-9-16(21)22)19-15-4-2-1-3-13(15)11-24-19/h1-8,11,18H,9-10H2,(H,21,22). The molecule has 2 aromatic carbocycles. The van der Waals surface area contributed by atoms with Gasteiger partial charge in [0.2, 0.25) is 0 Å². The van der Waals surface area contributed by atoms with Gasteiger partial charge >= 0.3 is 11.9 Å². The highest BCUT2D eigenvalue weighted by molar-refractivity contribution is 9.10. The number of halogens is 1. The Bertz CT molecular complexity index is 898. The van der Waals surface area contributed by atoms with Crippen LogP contribution in [0.3, 0.4) is 0 Å². The Morgan fingerprint density at radius 2 is 1.80 bits per heavy atom. The summed E-state index contributed by atoms with van der Waals surface area (Å²) >= 11 is 3.38. The van der Waals surface area contributed by atoms with Gasteiger partial charge in [0.1, 0.15) is 0 Å². The lowest BCUT2D eigenvalue weighted by atomic mass is 10.0. The van der Waals surface area contributed by atoms with Crippen molar-refractivity contribution >= 4 is 38.6 Å². The second-order valence-electron chi connectivity index (χ2n) is 5.50. The summed E-state index contributed by atoms with van der Waals surface area (Å²) in [6.45, 7) is 0. The number of carboxylic acid groups (broad SMARTS) is 1. The minimum atomic E-state index is -1.04. The van der Waals surface area contributed by atoms with Gasteiger partial charge in [-0.05, 0) is 12.1 Å². The molecule has 5 nitrogen and oxygen atoms in total. The Morgan fingerprint density at radius 3 is 2.52 bits per heavy atom. The molecule has 3 aromatic rings. The number of aliphatic carboxylic acids is 1. The van der Waals surface area contributed by atoms with Gasteiger partial charge < -0.3 is 14.3 Å². The van der Waals surface area contributed by atoms with Crippen LogP contribution in [0.15, 0.2) is 63.7 Å². The van der Waals surface area contributed by atoms with Crippen LogP contribution in [-0.4, -0.2) is 17.0 Å². The van der Waals surface area contributed by atoms with E-state index in [9.17, 15) is 9.59 Å². The van der Waals surface area contributed by atoms with Crippen LogP contribution < -0.4 is 0 Å². The first-order valence-electron chi connectivity index (χ1n) is 7.67. The highest BCUT2D eigenvalue weighted by Crippen LogP contribution is 2.34. The SMILES string of the molecule is O=C(O)CCC(=O)OC(c1ccc(Br)cc1)c1occ2ccccc12. The minimum absolute atomic E-state index is 0.193. The van der Waals surface area contributed by atoms with E-state index in [0.717, 1.165) is 20.8 Å². The van der Waals surface area contributed by atoms with E-state index in [-0.39, 0.29) is 12.8 Å². The molecule has 0 radical (unpaired) electrons. The van der Waals surface area contributed by atoms with Crippen molar-refractivity contribution in [3.63, 3.8) is 0 Å². The molecule has 0 spiro atoms. The molecule has 0 bridgehead atoms. The van der Waals surface area contributed by atoms with Crippen LogP contribution in [-0.2, 0) is 14.3 Å². The Balaban J connectivity index is 1.95. The van der Waals surface area contributed by atoms with E-state index in [1.807, 2.05) is 48.5 Å². The molecule has 6 heteroatoms. The van der Waals surface area contributed by atoms with Gasteiger partial charge in [0.05, 0.1) is 19.1 Å². The quantitative estimate of drug-likeness (QED) is 0.605. The van der Waals surface area contributed by atoms with E-state index in [4.69, 9.17) is 14.3 Å². The molecule has 0 aliphatic rings. The fourth-order valence-electron chi connectivity index (χ4n) is 2.53. The van der Waals surface area contributed by atoms with Crippen molar-refractivity contribution in [2.24, 2.45) is 0 Å². The molecule has 1 unspecified atom stereocenters. The third-order valence-electron chi connectivity index (χ3n) is 3.74. The van der Waals surface area contributed by atoms with E-state index in [1.54, 1.807) is 6.26 Å². The highest BCUT2D eigenvalue weighted by Gasteiger charge is 2.24. The zero-order chi connectivity index (χ0) is 17.8. The molecule has 128 valence electrons. The number of hydrogen-bond acceptors (Lipinski definition) is 4. The molecule has 0 aliphatic heterocycles. The van der Waals surface area contributed by atoms with Crippen LogP contribution in [0, 0.1) is 0 Å². The summed E-state index contributed by atoms with van der Waals surface area (Å²) in [7, 11) is 0. The summed E-state index contributed by atoms with van der Waals surface area (Å²) in [5, 5.41) is 10.5. The lowest BCUT2D eigenvalue weighted by Crippen LogP contribution is -2.13. The van der Waals surface area contributed by atoms with Crippen LogP contribution >= 0.6 is 15.9 Å². The smallest absolute Gasteiger partial charge is 0.307 e. The summed E-state index contributed by atoms with van der Waals surface area (Å²) in [6, 6.07) is 14.9. The molecular weight excluding hydrogens is 388 g/mol. The van der Waals surface area contributed by atoms with Crippen molar-refractivity contribution in [2.45, 2.75) is 18.9 Å². The van der Waals surface area contributed by atoms with E-state index >= 15 is 0 Å². The van der Waals surface area contributed by atoms with Crippen molar-refractivity contribution in [3.8, 4) is 0 Å².